The van der Waals surface area contributed by atoms with Gasteiger partial charge in [0.2, 0.25) is 0 Å². The van der Waals surface area contributed by atoms with Gasteiger partial charge in [0, 0.05) is 39.2 Å². The smallest absolute Gasteiger partial charge is 0.193 e. The fourth-order valence-electron chi connectivity index (χ4n) is 3.09. The van der Waals surface area contributed by atoms with Crippen molar-refractivity contribution in [3.63, 3.8) is 0 Å². The largest absolute Gasteiger partial charge is 0.497 e. The van der Waals surface area contributed by atoms with Gasteiger partial charge in [-0.25, -0.2) is 0 Å². The number of methoxy groups -OCH3 is 1. The molecule has 1 unspecified atom stereocenters. The Morgan fingerprint density at radius 2 is 2.12 bits per heavy atom. The van der Waals surface area contributed by atoms with E-state index in [1.807, 2.05) is 12.1 Å². The zero-order valence-corrected chi connectivity index (χ0v) is 16.0. The first kappa shape index (κ1) is 19.6. The molecule has 1 aliphatic rings. The first-order chi connectivity index (χ1) is 12.2. The molecule has 0 aromatic heterocycles. The average molecular weight is 348 g/mol. The standard InChI is InChI=1S/C20H33N3O2/c1-4-21-20(23(2)15-18-12-14-25-16-18)22-13-6-5-7-17-8-10-19(24-3)11-9-17/h8-11,18H,4-7,12-16H2,1-3H3,(H,21,22). The van der Waals surface area contributed by atoms with Gasteiger partial charge in [-0.1, -0.05) is 12.1 Å². The number of hydrogen-bond acceptors (Lipinski definition) is 3. The Kier molecular flexibility index (Phi) is 8.60. The fraction of sp³-hybridized carbons (Fsp3) is 0.650. The maximum absolute atomic E-state index is 5.47. The molecule has 0 saturated carbocycles. The summed E-state index contributed by atoms with van der Waals surface area (Å²) in [6.45, 7) is 6.67. The molecule has 5 heteroatoms. The van der Waals surface area contributed by atoms with Crippen LogP contribution in [-0.4, -0.2) is 57.9 Å². The van der Waals surface area contributed by atoms with Crippen molar-refractivity contribution in [1.29, 1.82) is 0 Å². The van der Waals surface area contributed by atoms with E-state index in [-0.39, 0.29) is 0 Å². The van der Waals surface area contributed by atoms with Crippen LogP contribution < -0.4 is 10.1 Å². The van der Waals surface area contributed by atoms with Gasteiger partial charge in [-0.2, -0.15) is 0 Å². The van der Waals surface area contributed by atoms with Crippen molar-refractivity contribution in [3.8, 4) is 5.75 Å². The summed E-state index contributed by atoms with van der Waals surface area (Å²) in [5.74, 6) is 2.56. The van der Waals surface area contributed by atoms with Crippen LogP contribution >= 0.6 is 0 Å². The number of benzene rings is 1. The molecule has 25 heavy (non-hydrogen) atoms. The lowest BCUT2D eigenvalue weighted by Gasteiger charge is -2.24. The van der Waals surface area contributed by atoms with Gasteiger partial charge >= 0.3 is 0 Å². The monoisotopic (exact) mass is 347 g/mol. The van der Waals surface area contributed by atoms with E-state index in [2.05, 4.69) is 36.3 Å². The van der Waals surface area contributed by atoms with Crippen molar-refractivity contribution in [3.05, 3.63) is 29.8 Å². The summed E-state index contributed by atoms with van der Waals surface area (Å²) in [4.78, 5) is 7.03. The molecular formula is C20H33N3O2. The number of guanidine groups is 1. The third-order valence-electron chi connectivity index (χ3n) is 4.55. The van der Waals surface area contributed by atoms with Crippen molar-refractivity contribution in [2.24, 2.45) is 10.9 Å². The maximum atomic E-state index is 5.47. The number of ether oxygens (including phenoxy) is 2. The number of nitrogens with zero attached hydrogens (tertiary/aromatic N) is 2. The second-order valence-corrected chi connectivity index (χ2v) is 6.65. The summed E-state index contributed by atoms with van der Waals surface area (Å²) < 4.78 is 10.7. The Balaban J connectivity index is 1.72. The maximum Gasteiger partial charge on any atom is 0.193 e. The van der Waals surface area contributed by atoms with Crippen LogP contribution in [0.5, 0.6) is 5.75 Å². The first-order valence-electron chi connectivity index (χ1n) is 9.43. The van der Waals surface area contributed by atoms with Gasteiger partial charge in [-0.15, -0.1) is 0 Å². The van der Waals surface area contributed by atoms with Crippen LogP contribution in [0.4, 0.5) is 0 Å². The van der Waals surface area contributed by atoms with E-state index in [1.165, 1.54) is 5.56 Å². The van der Waals surface area contributed by atoms with Crippen molar-refractivity contribution in [2.75, 3.05) is 47.0 Å². The molecule has 1 atom stereocenters. The third-order valence-corrected chi connectivity index (χ3v) is 4.55. The molecule has 0 bridgehead atoms. The van der Waals surface area contributed by atoms with Gasteiger partial charge in [0.1, 0.15) is 5.75 Å². The number of nitrogens with one attached hydrogen (secondary N) is 1. The van der Waals surface area contributed by atoms with Crippen molar-refractivity contribution in [1.82, 2.24) is 10.2 Å². The van der Waals surface area contributed by atoms with E-state index < -0.39 is 0 Å². The lowest BCUT2D eigenvalue weighted by Crippen LogP contribution is -2.41. The predicted octanol–water partition coefficient (Wildman–Crippen LogP) is 2.95. The molecular weight excluding hydrogens is 314 g/mol. The lowest BCUT2D eigenvalue weighted by molar-refractivity contribution is 0.181. The van der Waals surface area contributed by atoms with Gasteiger partial charge in [-0.05, 0) is 50.3 Å². The number of unbranched alkanes of at least 4 members (excludes halogenated alkanes) is 1. The Bertz CT molecular complexity index is 510. The van der Waals surface area contributed by atoms with Gasteiger partial charge in [0.15, 0.2) is 5.96 Å². The number of aliphatic imine (C=N–C) groups is 1. The highest BCUT2D eigenvalue weighted by atomic mass is 16.5. The average Bonchev–Trinajstić information content (AvgIpc) is 3.14. The normalized spacial score (nSPS) is 17.6. The summed E-state index contributed by atoms with van der Waals surface area (Å²) in [6.07, 6.45) is 4.49. The van der Waals surface area contributed by atoms with E-state index in [4.69, 9.17) is 14.5 Å². The molecule has 1 aromatic carbocycles. The minimum absolute atomic E-state index is 0.629. The van der Waals surface area contributed by atoms with E-state index in [0.29, 0.717) is 5.92 Å². The minimum atomic E-state index is 0.629. The van der Waals surface area contributed by atoms with Crippen LogP contribution in [0.15, 0.2) is 29.3 Å². The zero-order chi connectivity index (χ0) is 17.9. The Morgan fingerprint density at radius 3 is 2.76 bits per heavy atom. The highest BCUT2D eigenvalue weighted by Crippen LogP contribution is 2.14. The van der Waals surface area contributed by atoms with Gasteiger partial charge in [0.05, 0.1) is 13.7 Å². The third kappa shape index (κ3) is 6.94. The fourth-order valence-corrected chi connectivity index (χ4v) is 3.09. The van der Waals surface area contributed by atoms with Crippen LogP contribution in [0.2, 0.25) is 0 Å². The quantitative estimate of drug-likeness (QED) is 0.424. The number of hydrogen-bond donors (Lipinski definition) is 1. The molecule has 1 saturated heterocycles. The molecule has 1 heterocycles. The summed E-state index contributed by atoms with van der Waals surface area (Å²) in [7, 11) is 3.82. The van der Waals surface area contributed by atoms with E-state index in [9.17, 15) is 0 Å². The summed E-state index contributed by atoms with van der Waals surface area (Å²) in [6, 6.07) is 8.34. The molecule has 140 valence electrons. The van der Waals surface area contributed by atoms with Crippen LogP contribution in [0.3, 0.4) is 0 Å². The van der Waals surface area contributed by atoms with Crippen molar-refractivity contribution < 1.29 is 9.47 Å². The zero-order valence-electron chi connectivity index (χ0n) is 16.0. The van der Waals surface area contributed by atoms with Crippen LogP contribution in [-0.2, 0) is 11.2 Å². The molecule has 1 aliphatic heterocycles. The van der Waals surface area contributed by atoms with Crippen LogP contribution in [0.1, 0.15) is 31.7 Å². The minimum Gasteiger partial charge on any atom is -0.497 e. The Hall–Kier alpha value is -1.75. The van der Waals surface area contributed by atoms with Gasteiger partial charge in [-0.3, -0.25) is 4.99 Å². The highest BCUT2D eigenvalue weighted by Gasteiger charge is 2.18. The molecule has 1 N–H and O–H groups in total. The molecule has 1 aromatic rings. The molecule has 5 nitrogen and oxygen atoms in total. The molecule has 1 fully saturated rings. The molecule has 0 spiro atoms. The number of aryl methyl sites for hydroxylation is 1. The lowest BCUT2D eigenvalue weighted by atomic mass is 10.1. The topological polar surface area (TPSA) is 46.1 Å². The van der Waals surface area contributed by atoms with Gasteiger partial charge in [0.25, 0.3) is 0 Å². The SMILES string of the molecule is CCNC(=NCCCCc1ccc(OC)cc1)N(C)CC1CCOC1. The Labute approximate surface area is 152 Å². The predicted molar refractivity (Wildman–Crippen MR) is 103 cm³/mol. The molecule has 0 amide bonds. The van der Waals surface area contributed by atoms with Crippen LogP contribution in [0, 0.1) is 5.92 Å². The summed E-state index contributed by atoms with van der Waals surface area (Å²) >= 11 is 0. The molecule has 2 rings (SSSR count). The summed E-state index contributed by atoms with van der Waals surface area (Å²) in [5, 5.41) is 3.40. The Morgan fingerprint density at radius 1 is 1.32 bits per heavy atom. The summed E-state index contributed by atoms with van der Waals surface area (Å²) in [5.41, 5.74) is 1.36. The highest BCUT2D eigenvalue weighted by molar-refractivity contribution is 5.79. The van der Waals surface area contributed by atoms with Crippen LogP contribution in [0.25, 0.3) is 0 Å². The first-order valence-corrected chi connectivity index (χ1v) is 9.43. The second kappa shape index (κ2) is 11.0. The van der Waals surface area contributed by atoms with Crippen molar-refractivity contribution in [2.45, 2.75) is 32.6 Å². The molecule has 0 aliphatic carbocycles. The van der Waals surface area contributed by atoms with Crippen molar-refractivity contribution >= 4 is 5.96 Å². The van der Waals surface area contributed by atoms with E-state index in [0.717, 1.165) is 70.2 Å². The molecule has 0 radical (unpaired) electrons. The van der Waals surface area contributed by atoms with Gasteiger partial charge < -0.3 is 19.7 Å². The second-order valence-electron chi connectivity index (χ2n) is 6.65. The van der Waals surface area contributed by atoms with E-state index in [1.54, 1.807) is 7.11 Å². The van der Waals surface area contributed by atoms with E-state index >= 15 is 0 Å². The number of rotatable bonds is 9.